The summed E-state index contributed by atoms with van der Waals surface area (Å²) in [6, 6.07) is 21.9. The normalized spacial score (nSPS) is 17.0. The van der Waals surface area contributed by atoms with Gasteiger partial charge in [0.25, 0.3) is 0 Å². The third kappa shape index (κ3) is 5.84. The molecule has 0 atom stereocenters. The smallest absolute Gasteiger partial charge is 0.344 e. The molecule has 0 amide bonds. The van der Waals surface area contributed by atoms with Gasteiger partial charge in [-0.25, -0.2) is 4.79 Å². The van der Waals surface area contributed by atoms with Crippen molar-refractivity contribution in [3.05, 3.63) is 100.0 Å². The maximum Gasteiger partial charge on any atom is 0.344 e. The zero-order chi connectivity index (χ0) is 23.8. The Morgan fingerprint density at radius 1 is 0.941 bits per heavy atom. The van der Waals surface area contributed by atoms with E-state index in [9.17, 15) is 9.59 Å². The van der Waals surface area contributed by atoms with Crippen LogP contribution in [-0.2, 0) is 25.6 Å². The van der Waals surface area contributed by atoms with Crippen LogP contribution in [0.1, 0.15) is 49.2 Å². The van der Waals surface area contributed by atoms with Crippen molar-refractivity contribution in [1.29, 1.82) is 0 Å². The Bertz CT molecular complexity index is 1120. The summed E-state index contributed by atoms with van der Waals surface area (Å²) in [4.78, 5) is 30.8. The topological polar surface area (TPSA) is 85.2 Å². The van der Waals surface area contributed by atoms with E-state index in [4.69, 9.17) is 23.8 Å². The number of rotatable bonds is 11. The molecule has 1 aliphatic heterocycles. The lowest BCUT2D eigenvalue weighted by Crippen LogP contribution is -2.37. The molecular weight excluding hydrogens is 438 g/mol. The molecule has 2 heterocycles. The fraction of sp³-hybridized carbons (Fsp3) is 0.308. The van der Waals surface area contributed by atoms with Gasteiger partial charge in [-0.15, -0.1) is 4.73 Å². The predicted octanol–water partition coefficient (Wildman–Crippen LogP) is 3.94. The number of pyridine rings is 1. The van der Waals surface area contributed by atoms with Gasteiger partial charge in [-0.3, -0.25) is 4.79 Å². The first-order valence-electron chi connectivity index (χ1n) is 11.2. The number of carbonyl (C=O) groups excluding carboxylic acids is 1. The van der Waals surface area contributed by atoms with E-state index in [1.165, 1.54) is 6.07 Å². The predicted molar refractivity (Wildman–Crippen MR) is 123 cm³/mol. The summed E-state index contributed by atoms with van der Waals surface area (Å²) in [7, 11) is 0. The molecule has 0 saturated carbocycles. The Kier molecular flexibility index (Phi) is 7.95. The highest BCUT2D eigenvalue weighted by atomic mass is 16.9. The molecule has 1 fully saturated rings. The largest absolute Gasteiger partial charge is 0.476 e. The monoisotopic (exact) mass is 465 g/mol. The van der Waals surface area contributed by atoms with Crippen molar-refractivity contribution in [2.45, 2.75) is 39.0 Å². The summed E-state index contributed by atoms with van der Waals surface area (Å²) in [5.74, 6) is -0.613. The first-order valence-corrected chi connectivity index (χ1v) is 11.2. The number of unbranched alkanes of at least 4 members (excludes halogenated alkanes) is 1. The Morgan fingerprint density at radius 3 is 2.35 bits per heavy atom. The fourth-order valence-electron chi connectivity index (χ4n) is 3.29. The lowest BCUT2D eigenvalue weighted by Gasteiger charge is -2.37. The minimum atomic E-state index is -0.760. The number of ether oxygens (including phenoxy) is 4. The van der Waals surface area contributed by atoms with Crippen LogP contribution < -0.4 is 15.1 Å². The molecule has 1 aliphatic rings. The Balaban J connectivity index is 1.40. The number of nitrogens with zero attached hydrogens (tertiary/aromatic N) is 1. The SMILES string of the molecule is CCCCOn1c(C2OC(c3ccccc3)O2)ccc(OCC(=O)OCc2ccccc2)c1=O. The van der Waals surface area contributed by atoms with Crippen LogP contribution in [0.4, 0.5) is 0 Å². The number of hydrogen-bond donors (Lipinski definition) is 0. The number of aromatic nitrogens is 1. The molecule has 0 bridgehead atoms. The van der Waals surface area contributed by atoms with E-state index >= 15 is 0 Å². The van der Waals surface area contributed by atoms with Crippen LogP contribution in [0.15, 0.2) is 77.6 Å². The fourth-order valence-corrected chi connectivity index (χ4v) is 3.29. The summed E-state index contributed by atoms with van der Waals surface area (Å²) >= 11 is 0. The van der Waals surface area contributed by atoms with Crippen LogP contribution in [0, 0.1) is 0 Å². The molecule has 0 N–H and O–H groups in total. The zero-order valence-electron chi connectivity index (χ0n) is 18.9. The van der Waals surface area contributed by atoms with Gasteiger partial charge in [0, 0.05) is 5.56 Å². The van der Waals surface area contributed by atoms with Gasteiger partial charge in [-0.05, 0) is 24.1 Å². The molecule has 34 heavy (non-hydrogen) atoms. The molecule has 0 spiro atoms. The Morgan fingerprint density at radius 2 is 1.65 bits per heavy atom. The van der Waals surface area contributed by atoms with Crippen LogP contribution in [-0.4, -0.2) is 23.9 Å². The third-order valence-corrected chi connectivity index (χ3v) is 5.15. The van der Waals surface area contributed by atoms with E-state index in [1.807, 2.05) is 67.6 Å². The maximum atomic E-state index is 13.0. The molecule has 8 heteroatoms. The lowest BCUT2D eigenvalue weighted by molar-refractivity contribution is -0.400. The first kappa shape index (κ1) is 23.5. The maximum absolute atomic E-state index is 13.0. The average Bonchev–Trinajstić information content (AvgIpc) is 2.84. The van der Waals surface area contributed by atoms with Crippen LogP contribution in [0.3, 0.4) is 0 Å². The molecule has 178 valence electrons. The van der Waals surface area contributed by atoms with Gasteiger partial charge in [0.2, 0.25) is 6.29 Å². The van der Waals surface area contributed by atoms with Crippen molar-refractivity contribution in [3.8, 4) is 5.75 Å². The number of esters is 1. The number of hydrogen-bond acceptors (Lipinski definition) is 7. The van der Waals surface area contributed by atoms with Crippen molar-refractivity contribution in [3.63, 3.8) is 0 Å². The van der Waals surface area contributed by atoms with E-state index in [1.54, 1.807) is 6.07 Å². The molecule has 1 saturated heterocycles. The third-order valence-electron chi connectivity index (χ3n) is 5.15. The molecule has 3 aromatic rings. The van der Waals surface area contributed by atoms with Crippen LogP contribution in [0.25, 0.3) is 0 Å². The Hall–Kier alpha value is -3.62. The standard InChI is InChI=1S/C26H27NO7/c1-2-3-16-32-27-21(26-33-25(34-26)20-12-8-5-9-13-20)14-15-22(24(27)29)30-18-23(28)31-17-19-10-6-4-7-11-19/h4-15,25-26H,2-3,16-18H2,1H3. The molecular formula is C26H27NO7. The van der Waals surface area contributed by atoms with Crippen LogP contribution >= 0.6 is 0 Å². The number of benzene rings is 2. The van der Waals surface area contributed by atoms with Gasteiger partial charge in [0.1, 0.15) is 18.9 Å². The first-order chi connectivity index (χ1) is 16.7. The highest BCUT2D eigenvalue weighted by molar-refractivity contribution is 5.71. The molecule has 0 unspecified atom stereocenters. The molecule has 8 nitrogen and oxygen atoms in total. The van der Waals surface area contributed by atoms with E-state index in [-0.39, 0.29) is 12.4 Å². The van der Waals surface area contributed by atoms with Crippen LogP contribution in [0.5, 0.6) is 5.75 Å². The second-order valence-electron chi connectivity index (χ2n) is 7.69. The van der Waals surface area contributed by atoms with Crippen molar-refractivity contribution >= 4 is 5.97 Å². The average molecular weight is 466 g/mol. The summed E-state index contributed by atoms with van der Waals surface area (Å²) in [5, 5.41) is 0. The minimum Gasteiger partial charge on any atom is -0.476 e. The minimum absolute atomic E-state index is 0.0316. The van der Waals surface area contributed by atoms with Gasteiger partial charge in [0.05, 0.1) is 0 Å². The van der Waals surface area contributed by atoms with E-state index in [2.05, 4.69) is 0 Å². The van der Waals surface area contributed by atoms with Crippen LogP contribution in [0.2, 0.25) is 0 Å². The molecule has 2 aromatic carbocycles. The highest BCUT2D eigenvalue weighted by Crippen LogP contribution is 2.40. The molecule has 0 aliphatic carbocycles. The van der Waals surface area contributed by atoms with Crippen molar-refractivity contribution in [2.75, 3.05) is 13.2 Å². The second kappa shape index (κ2) is 11.5. The quantitative estimate of drug-likeness (QED) is 0.313. The van der Waals surface area contributed by atoms with Crippen molar-refractivity contribution in [2.24, 2.45) is 0 Å². The number of carbonyl (C=O) groups is 1. The van der Waals surface area contributed by atoms with Gasteiger partial charge in [0.15, 0.2) is 18.6 Å². The highest BCUT2D eigenvalue weighted by Gasteiger charge is 2.36. The van der Waals surface area contributed by atoms with E-state index < -0.39 is 30.7 Å². The van der Waals surface area contributed by atoms with Gasteiger partial charge < -0.3 is 23.8 Å². The van der Waals surface area contributed by atoms with Gasteiger partial charge in [-0.2, -0.15) is 0 Å². The zero-order valence-corrected chi connectivity index (χ0v) is 18.9. The van der Waals surface area contributed by atoms with E-state index in [0.717, 1.165) is 28.7 Å². The summed E-state index contributed by atoms with van der Waals surface area (Å²) in [6.45, 7) is 2.09. The van der Waals surface area contributed by atoms with Gasteiger partial charge in [-0.1, -0.05) is 74.0 Å². The summed E-state index contributed by atoms with van der Waals surface area (Å²) < 4.78 is 23.5. The van der Waals surface area contributed by atoms with Gasteiger partial charge >= 0.3 is 11.5 Å². The lowest BCUT2D eigenvalue weighted by atomic mass is 10.2. The van der Waals surface area contributed by atoms with Crippen molar-refractivity contribution < 1.29 is 28.6 Å². The molecule has 0 radical (unpaired) electrons. The van der Waals surface area contributed by atoms with Crippen molar-refractivity contribution in [1.82, 2.24) is 4.73 Å². The Labute approximate surface area is 197 Å². The summed E-state index contributed by atoms with van der Waals surface area (Å²) in [5.41, 5.74) is 1.61. The second-order valence-corrected chi connectivity index (χ2v) is 7.69. The molecule has 1 aromatic heterocycles. The molecule has 4 rings (SSSR count). The summed E-state index contributed by atoms with van der Waals surface area (Å²) in [6.07, 6.45) is 0.395. The van der Waals surface area contributed by atoms with E-state index in [0.29, 0.717) is 12.3 Å².